The van der Waals surface area contributed by atoms with E-state index in [4.69, 9.17) is 11.6 Å². The Balaban J connectivity index is 1.94. The molecule has 0 saturated heterocycles. The lowest BCUT2D eigenvalue weighted by atomic mass is 10.1. The predicted octanol–water partition coefficient (Wildman–Crippen LogP) is 3.26. The molecular weight excluding hydrogens is 274 g/mol. The molecule has 2 aromatic heterocycles. The molecule has 3 aromatic rings. The van der Waals surface area contributed by atoms with Crippen molar-refractivity contribution in [1.29, 1.82) is 0 Å². The van der Waals surface area contributed by atoms with Crippen molar-refractivity contribution in [1.82, 2.24) is 19.6 Å². The summed E-state index contributed by atoms with van der Waals surface area (Å²) < 4.78 is 1.69. The first-order chi connectivity index (χ1) is 9.63. The van der Waals surface area contributed by atoms with Crippen LogP contribution in [0.15, 0.2) is 36.7 Å². The lowest BCUT2D eigenvalue weighted by Gasteiger charge is -2.16. The molecule has 0 bridgehead atoms. The summed E-state index contributed by atoms with van der Waals surface area (Å²) in [5, 5.41) is 8.33. The van der Waals surface area contributed by atoms with Gasteiger partial charge in [-0.15, -0.1) is 0 Å². The summed E-state index contributed by atoms with van der Waals surface area (Å²) in [4.78, 5) is 8.43. The molecule has 5 nitrogen and oxygen atoms in total. The zero-order valence-electron chi connectivity index (χ0n) is 11.2. The number of fused-ring (bicyclic) bond motifs is 1. The molecule has 0 aliphatic heterocycles. The molecule has 1 N–H and O–H groups in total. The fraction of sp³-hybridized carbons (Fsp3) is 0.214. The Hall–Kier alpha value is -2.14. The van der Waals surface area contributed by atoms with Crippen LogP contribution in [0.1, 0.15) is 24.2 Å². The van der Waals surface area contributed by atoms with E-state index in [1.807, 2.05) is 37.3 Å². The van der Waals surface area contributed by atoms with E-state index in [2.05, 4.69) is 27.3 Å². The van der Waals surface area contributed by atoms with Crippen molar-refractivity contribution >= 4 is 23.2 Å². The quantitative estimate of drug-likeness (QED) is 0.803. The number of anilines is 1. The second kappa shape index (κ2) is 5.09. The van der Waals surface area contributed by atoms with E-state index in [-0.39, 0.29) is 6.04 Å². The number of aryl methyl sites for hydroxylation is 1. The normalized spacial score (nSPS) is 12.6. The van der Waals surface area contributed by atoms with Crippen LogP contribution in [0.5, 0.6) is 0 Å². The van der Waals surface area contributed by atoms with E-state index >= 15 is 0 Å². The Bertz CT molecular complexity index is 752. The largest absolute Gasteiger partial charge is 0.363 e. The minimum atomic E-state index is 0.0999. The van der Waals surface area contributed by atoms with Gasteiger partial charge in [0.1, 0.15) is 12.1 Å². The Labute approximate surface area is 121 Å². The van der Waals surface area contributed by atoms with Crippen LogP contribution in [0.4, 0.5) is 5.82 Å². The number of nitrogens with one attached hydrogen (secondary N) is 1. The van der Waals surface area contributed by atoms with Crippen molar-refractivity contribution in [2.75, 3.05) is 5.32 Å². The lowest BCUT2D eigenvalue weighted by Crippen LogP contribution is -2.11. The highest BCUT2D eigenvalue weighted by atomic mass is 35.5. The van der Waals surface area contributed by atoms with Gasteiger partial charge in [-0.3, -0.25) is 0 Å². The Kier molecular flexibility index (Phi) is 3.28. The maximum Gasteiger partial charge on any atom is 0.254 e. The highest BCUT2D eigenvalue weighted by Crippen LogP contribution is 2.22. The van der Waals surface area contributed by atoms with Gasteiger partial charge in [-0.2, -0.15) is 14.6 Å². The third-order valence-electron chi connectivity index (χ3n) is 3.09. The van der Waals surface area contributed by atoms with Gasteiger partial charge in [-0.25, -0.2) is 4.98 Å². The van der Waals surface area contributed by atoms with E-state index in [0.717, 1.165) is 22.1 Å². The number of halogens is 1. The number of rotatable bonds is 3. The topological polar surface area (TPSA) is 55.1 Å². The molecule has 0 aliphatic carbocycles. The minimum Gasteiger partial charge on any atom is -0.363 e. The van der Waals surface area contributed by atoms with Crippen LogP contribution in [0, 0.1) is 6.92 Å². The van der Waals surface area contributed by atoms with Gasteiger partial charge in [-0.05, 0) is 31.5 Å². The smallest absolute Gasteiger partial charge is 0.254 e. The van der Waals surface area contributed by atoms with Gasteiger partial charge in [0.05, 0.1) is 0 Å². The molecule has 0 saturated carbocycles. The van der Waals surface area contributed by atoms with Crippen molar-refractivity contribution in [2.24, 2.45) is 0 Å². The first-order valence-corrected chi connectivity index (χ1v) is 6.70. The van der Waals surface area contributed by atoms with Gasteiger partial charge in [0.2, 0.25) is 0 Å². The summed E-state index contributed by atoms with van der Waals surface area (Å²) in [5.74, 6) is 1.45. The molecule has 20 heavy (non-hydrogen) atoms. The number of aromatic nitrogens is 4. The highest BCUT2D eigenvalue weighted by molar-refractivity contribution is 6.30. The van der Waals surface area contributed by atoms with Gasteiger partial charge in [-0.1, -0.05) is 23.7 Å². The van der Waals surface area contributed by atoms with E-state index < -0.39 is 0 Å². The van der Waals surface area contributed by atoms with Crippen molar-refractivity contribution in [3.05, 3.63) is 52.9 Å². The Morgan fingerprint density at radius 3 is 2.95 bits per heavy atom. The average Bonchev–Trinajstić information content (AvgIpc) is 2.86. The molecule has 0 amide bonds. The van der Waals surface area contributed by atoms with E-state index in [9.17, 15) is 0 Å². The molecule has 1 aromatic carbocycles. The molecule has 0 radical (unpaired) electrons. The summed E-state index contributed by atoms with van der Waals surface area (Å²) >= 11 is 6.03. The van der Waals surface area contributed by atoms with Gasteiger partial charge in [0.15, 0.2) is 0 Å². The summed E-state index contributed by atoms with van der Waals surface area (Å²) in [6.07, 6.45) is 1.50. The summed E-state index contributed by atoms with van der Waals surface area (Å²) in [6.45, 7) is 4.01. The van der Waals surface area contributed by atoms with Gasteiger partial charge in [0, 0.05) is 22.8 Å². The van der Waals surface area contributed by atoms with E-state index in [1.165, 1.54) is 6.33 Å². The second-order valence-corrected chi connectivity index (χ2v) is 5.11. The number of hydrogen-bond donors (Lipinski definition) is 1. The SMILES string of the molecule is Cc1cc(NC(C)c2cccc(Cl)c2)n2ncnc2n1. The zero-order chi connectivity index (χ0) is 14.1. The molecule has 3 rings (SSSR count). The molecule has 102 valence electrons. The maximum atomic E-state index is 6.03. The van der Waals surface area contributed by atoms with Gasteiger partial charge in [0.25, 0.3) is 5.78 Å². The molecule has 2 heterocycles. The second-order valence-electron chi connectivity index (χ2n) is 4.68. The Morgan fingerprint density at radius 2 is 2.15 bits per heavy atom. The molecule has 1 atom stereocenters. The zero-order valence-corrected chi connectivity index (χ0v) is 12.0. The highest BCUT2D eigenvalue weighted by Gasteiger charge is 2.10. The first kappa shape index (κ1) is 12.9. The van der Waals surface area contributed by atoms with Crippen LogP contribution in [0.3, 0.4) is 0 Å². The number of benzene rings is 1. The molecule has 0 fully saturated rings. The van der Waals surface area contributed by atoms with E-state index in [0.29, 0.717) is 5.78 Å². The molecule has 0 spiro atoms. The summed E-state index contributed by atoms with van der Waals surface area (Å²) in [5.41, 5.74) is 2.01. The standard InChI is InChI=1S/C14H14ClN5/c1-9-6-13(20-14(18-9)16-8-17-20)19-10(2)11-4-3-5-12(15)7-11/h3-8,10,19H,1-2H3. The van der Waals surface area contributed by atoms with Crippen LogP contribution in [-0.2, 0) is 0 Å². The minimum absolute atomic E-state index is 0.0999. The third-order valence-corrected chi connectivity index (χ3v) is 3.33. The summed E-state index contributed by atoms with van der Waals surface area (Å²) in [6, 6.07) is 9.84. The van der Waals surface area contributed by atoms with Crippen LogP contribution in [0.2, 0.25) is 5.02 Å². The van der Waals surface area contributed by atoms with Crippen molar-refractivity contribution in [3.8, 4) is 0 Å². The van der Waals surface area contributed by atoms with Gasteiger partial charge >= 0.3 is 0 Å². The van der Waals surface area contributed by atoms with E-state index in [1.54, 1.807) is 4.52 Å². The fourth-order valence-electron chi connectivity index (χ4n) is 2.11. The molecule has 6 heteroatoms. The van der Waals surface area contributed by atoms with Crippen molar-refractivity contribution < 1.29 is 0 Å². The molecule has 1 unspecified atom stereocenters. The number of nitrogens with zero attached hydrogens (tertiary/aromatic N) is 4. The van der Waals surface area contributed by atoms with Crippen molar-refractivity contribution in [2.45, 2.75) is 19.9 Å². The van der Waals surface area contributed by atoms with Crippen LogP contribution < -0.4 is 5.32 Å². The van der Waals surface area contributed by atoms with Gasteiger partial charge < -0.3 is 5.32 Å². The van der Waals surface area contributed by atoms with Crippen molar-refractivity contribution in [3.63, 3.8) is 0 Å². The number of hydrogen-bond acceptors (Lipinski definition) is 4. The third kappa shape index (κ3) is 2.44. The van der Waals surface area contributed by atoms with Crippen LogP contribution >= 0.6 is 11.6 Å². The van der Waals surface area contributed by atoms with Crippen LogP contribution in [0.25, 0.3) is 5.78 Å². The average molecular weight is 288 g/mol. The first-order valence-electron chi connectivity index (χ1n) is 6.33. The van der Waals surface area contributed by atoms with Crippen LogP contribution in [-0.4, -0.2) is 19.6 Å². The Morgan fingerprint density at radius 1 is 1.30 bits per heavy atom. The summed E-state index contributed by atoms with van der Waals surface area (Å²) in [7, 11) is 0. The lowest BCUT2D eigenvalue weighted by molar-refractivity contribution is 0.837. The maximum absolute atomic E-state index is 6.03. The molecular formula is C14H14ClN5. The fourth-order valence-corrected chi connectivity index (χ4v) is 2.31. The molecule has 0 aliphatic rings. The predicted molar refractivity (Wildman–Crippen MR) is 79.0 cm³/mol. The monoisotopic (exact) mass is 287 g/mol.